The fourth-order valence-corrected chi connectivity index (χ4v) is 14.3. The summed E-state index contributed by atoms with van der Waals surface area (Å²) in [7, 11) is -9.92. The van der Waals surface area contributed by atoms with Gasteiger partial charge in [0.15, 0.2) is 12.2 Å². The van der Waals surface area contributed by atoms with Crippen LogP contribution in [0.5, 0.6) is 0 Å². The molecule has 0 spiro atoms. The molecule has 19 heteroatoms. The topological polar surface area (TPSA) is 237 Å². The van der Waals surface area contributed by atoms with E-state index in [1.54, 1.807) is 0 Å². The lowest BCUT2D eigenvalue weighted by Gasteiger charge is -2.21. The number of ether oxygens (including phenoxy) is 4. The Hall–Kier alpha value is -1.94. The molecule has 3 N–H and O–H groups in total. The van der Waals surface area contributed by atoms with Crippen molar-refractivity contribution < 1.29 is 80.2 Å². The first-order valence-electron chi connectivity index (χ1n) is 42.6. The first-order valence-corrected chi connectivity index (χ1v) is 45.6. The van der Waals surface area contributed by atoms with Gasteiger partial charge in [0.25, 0.3) is 0 Å². The molecule has 0 aromatic carbocycles. The molecule has 0 heterocycles. The van der Waals surface area contributed by atoms with Crippen LogP contribution < -0.4 is 0 Å². The first-order chi connectivity index (χ1) is 49.0. The number of hydrogen-bond acceptors (Lipinski definition) is 15. The van der Waals surface area contributed by atoms with Gasteiger partial charge in [0.1, 0.15) is 19.3 Å². The highest BCUT2D eigenvalue weighted by Crippen LogP contribution is 2.45. The van der Waals surface area contributed by atoms with E-state index in [1.165, 1.54) is 263 Å². The minimum absolute atomic E-state index is 0.108. The molecule has 0 saturated heterocycles. The summed E-state index contributed by atoms with van der Waals surface area (Å²) in [4.78, 5) is 73.0. The molecule has 0 saturated carbocycles. The zero-order valence-corrected chi connectivity index (χ0v) is 67.8. The number of rotatable bonds is 82. The minimum Gasteiger partial charge on any atom is -0.462 e. The Kier molecular flexibility index (Phi) is 73.5. The monoisotopic (exact) mass is 1480 g/mol. The van der Waals surface area contributed by atoms with E-state index in [4.69, 9.17) is 37.0 Å². The molecule has 0 amide bonds. The highest BCUT2D eigenvalue weighted by molar-refractivity contribution is 7.47. The molecular formula is C82H160O17P2. The van der Waals surface area contributed by atoms with E-state index in [-0.39, 0.29) is 25.7 Å². The van der Waals surface area contributed by atoms with Gasteiger partial charge in [-0.1, -0.05) is 388 Å². The molecule has 0 rings (SSSR count). The van der Waals surface area contributed by atoms with Crippen molar-refractivity contribution in [2.24, 2.45) is 5.92 Å². The summed E-state index contributed by atoms with van der Waals surface area (Å²) >= 11 is 0. The van der Waals surface area contributed by atoms with Gasteiger partial charge in [0.2, 0.25) is 0 Å². The molecule has 17 nitrogen and oxygen atoms in total. The van der Waals surface area contributed by atoms with Gasteiger partial charge in [0.05, 0.1) is 26.4 Å². The van der Waals surface area contributed by atoms with Crippen molar-refractivity contribution >= 4 is 39.5 Å². The third-order valence-electron chi connectivity index (χ3n) is 19.3. The number of carbonyl (C=O) groups is 4. The van der Waals surface area contributed by atoms with Crippen molar-refractivity contribution in [3.8, 4) is 0 Å². The molecule has 0 aliphatic heterocycles. The SMILES string of the molecule is CCCCCCCCCCCCCCCCCCCCCCCCC(=O)O[C@H](COC(=O)CCCCCCCCCCCCCCCCC(C)C)COP(=O)(O)OC[C@@H](O)COP(=O)(O)OC[C@@H](COC(=O)CCCCCCCCCCC)OC(=O)CCCCCCCCCCCCCCC. The molecule has 0 aromatic heterocycles. The van der Waals surface area contributed by atoms with Gasteiger partial charge < -0.3 is 33.8 Å². The van der Waals surface area contributed by atoms with Crippen molar-refractivity contribution in [2.45, 2.75) is 457 Å². The van der Waals surface area contributed by atoms with Gasteiger partial charge in [-0.05, 0) is 31.6 Å². The molecule has 600 valence electrons. The van der Waals surface area contributed by atoms with Gasteiger partial charge in [0, 0.05) is 25.7 Å². The van der Waals surface area contributed by atoms with Gasteiger partial charge in [-0.2, -0.15) is 0 Å². The van der Waals surface area contributed by atoms with Gasteiger partial charge in [-0.3, -0.25) is 37.3 Å². The van der Waals surface area contributed by atoms with E-state index >= 15 is 0 Å². The predicted molar refractivity (Wildman–Crippen MR) is 414 cm³/mol. The highest BCUT2D eigenvalue weighted by atomic mass is 31.2. The molecule has 5 atom stereocenters. The zero-order valence-electron chi connectivity index (χ0n) is 66.1. The van der Waals surface area contributed by atoms with E-state index in [0.717, 1.165) is 95.8 Å². The fraction of sp³-hybridized carbons (Fsp3) is 0.951. The predicted octanol–water partition coefficient (Wildman–Crippen LogP) is 24.8. The Labute approximate surface area is 619 Å². The van der Waals surface area contributed by atoms with Crippen LogP contribution in [0.1, 0.15) is 439 Å². The Morgan fingerprint density at radius 3 is 0.673 bits per heavy atom. The maximum atomic E-state index is 13.1. The molecule has 0 radical (unpaired) electrons. The fourth-order valence-electron chi connectivity index (χ4n) is 12.8. The lowest BCUT2D eigenvalue weighted by Crippen LogP contribution is -2.30. The summed E-state index contributed by atoms with van der Waals surface area (Å²) < 4.78 is 68.7. The maximum absolute atomic E-state index is 13.1. The number of esters is 4. The summed E-state index contributed by atoms with van der Waals surface area (Å²) in [5, 5.41) is 10.6. The van der Waals surface area contributed by atoms with Crippen LogP contribution in [0.25, 0.3) is 0 Å². The standard InChI is InChI=1S/C82H160O17P2/c1-6-9-12-15-18-21-23-25-26-27-28-29-30-31-32-33-39-43-48-53-58-63-68-82(87)99-78(72-93-80(85)66-61-56-51-46-41-38-35-34-37-40-45-49-54-59-64-75(4)5)74-97-101(90,91)95-70-76(83)69-94-100(88,89)96-73-77(71-92-79(84)65-60-55-50-44-20-17-14-11-8-3)98-81(86)67-62-57-52-47-42-36-24-22-19-16-13-10-7-2/h75-78,83H,6-74H2,1-5H3,(H,88,89)(H,90,91)/t76-,77+,78+/m0/s1. The van der Waals surface area contributed by atoms with Gasteiger partial charge in [-0.25, -0.2) is 9.13 Å². The first kappa shape index (κ1) is 99.1. The maximum Gasteiger partial charge on any atom is 0.472 e. The lowest BCUT2D eigenvalue weighted by molar-refractivity contribution is -0.161. The Morgan fingerprint density at radius 2 is 0.455 bits per heavy atom. The third kappa shape index (κ3) is 76.1. The average Bonchev–Trinajstić information content (AvgIpc) is 0.946. The van der Waals surface area contributed by atoms with Crippen LogP contribution in [0.15, 0.2) is 0 Å². The van der Waals surface area contributed by atoms with Crippen molar-refractivity contribution in [2.75, 3.05) is 39.6 Å². The Balaban J connectivity index is 5.19. The van der Waals surface area contributed by atoms with Crippen molar-refractivity contribution in [1.82, 2.24) is 0 Å². The number of phosphoric ester groups is 2. The van der Waals surface area contributed by atoms with E-state index in [0.29, 0.717) is 25.7 Å². The Morgan fingerprint density at radius 1 is 0.267 bits per heavy atom. The van der Waals surface area contributed by atoms with E-state index in [9.17, 15) is 43.2 Å². The molecule has 101 heavy (non-hydrogen) atoms. The summed E-state index contributed by atoms with van der Waals surface area (Å²) in [6.45, 7) is 7.34. The van der Waals surface area contributed by atoms with E-state index in [1.807, 2.05) is 0 Å². The number of aliphatic hydroxyl groups excluding tert-OH is 1. The molecule has 0 fully saturated rings. The summed E-state index contributed by atoms with van der Waals surface area (Å²) in [5.41, 5.74) is 0. The van der Waals surface area contributed by atoms with Crippen LogP contribution in [0.4, 0.5) is 0 Å². The largest absolute Gasteiger partial charge is 0.472 e. The minimum atomic E-state index is -4.96. The van der Waals surface area contributed by atoms with Gasteiger partial charge in [-0.15, -0.1) is 0 Å². The third-order valence-corrected chi connectivity index (χ3v) is 21.2. The zero-order chi connectivity index (χ0) is 74.1. The van der Waals surface area contributed by atoms with E-state index in [2.05, 4.69) is 34.6 Å². The van der Waals surface area contributed by atoms with Crippen molar-refractivity contribution in [3.05, 3.63) is 0 Å². The van der Waals surface area contributed by atoms with Crippen LogP contribution in [0, 0.1) is 5.92 Å². The Bertz CT molecular complexity index is 1930. The highest BCUT2D eigenvalue weighted by Gasteiger charge is 2.30. The summed E-state index contributed by atoms with van der Waals surface area (Å²) in [5.74, 6) is -1.31. The summed E-state index contributed by atoms with van der Waals surface area (Å²) in [6.07, 6.45) is 66.7. The lowest BCUT2D eigenvalue weighted by atomic mass is 10.0. The molecular weight excluding hydrogens is 1320 g/mol. The van der Waals surface area contributed by atoms with Crippen molar-refractivity contribution in [3.63, 3.8) is 0 Å². The number of hydrogen-bond donors (Lipinski definition) is 3. The molecule has 0 aliphatic rings. The van der Waals surface area contributed by atoms with Crippen LogP contribution in [-0.2, 0) is 65.4 Å². The quantitative estimate of drug-likeness (QED) is 0.0222. The smallest absolute Gasteiger partial charge is 0.462 e. The second-order valence-electron chi connectivity index (χ2n) is 30.0. The summed E-state index contributed by atoms with van der Waals surface area (Å²) in [6, 6.07) is 0. The number of aliphatic hydroxyl groups is 1. The van der Waals surface area contributed by atoms with Crippen LogP contribution >= 0.6 is 15.6 Å². The normalized spacial score (nSPS) is 13.8. The van der Waals surface area contributed by atoms with Crippen LogP contribution in [-0.4, -0.2) is 96.7 Å². The molecule has 2 unspecified atom stereocenters. The molecule has 0 aromatic rings. The van der Waals surface area contributed by atoms with Gasteiger partial charge >= 0.3 is 39.5 Å². The molecule has 0 bridgehead atoms. The second kappa shape index (κ2) is 74.9. The van der Waals surface area contributed by atoms with Crippen LogP contribution in [0.2, 0.25) is 0 Å². The molecule has 0 aliphatic carbocycles. The van der Waals surface area contributed by atoms with E-state index < -0.39 is 97.5 Å². The average molecular weight is 1480 g/mol. The number of carbonyl (C=O) groups excluding carboxylic acids is 4. The number of phosphoric acid groups is 2. The van der Waals surface area contributed by atoms with Crippen molar-refractivity contribution in [1.29, 1.82) is 0 Å². The van der Waals surface area contributed by atoms with Crippen LogP contribution in [0.3, 0.4) is 0 Å². The second-order valence-corrected chi connectivity index (χ2v) is 32.9. The number of unbranched alkanes of at least 4 members (excludes halogenated alkanes) is 54.